The molecule has 0 aromatic carbocycles. The zero-order valence-corrected chi connectivity index (χ0v) is 8.01. The molecule has 0 amide bonds. The van der Waals surface area contributed by atoms with Gasteiger partial charge < -0.3 is 4.74 Å². The summed E-state index contributed by atoms with van der Waals surface area (Å²) in [6.07, 6.45) is 4.13. The van der Waals surface area contributed by atoms with Crippen LogP contribution in [0.1, 0.15) is 46.0 Å². The highest BCUT2D eigenvalue weighted by molar-refractivity contribution is 5.68. The third kappa shape index (κ3) is 6.16. The molecule has 0 radical (unpaired) electrons. The highest BCUT2D eigenvalue weighted by Gasteiger charge is 2.06. The summed E-state index contributed by atoms with van der Waals surface area (Å²) in [4.78, 5) is 10.8. The molecule has 1 atom stereocenters. The monoisotopic (exact) mass is 173 g/mol. The second-order valence-electron chi connectivity index (χ2n) is 2.88. The molecule has 0 fully saturated rings. The maximum Gasteiger partial charge on any atom is 0.307 e. The van der Waals surface area contributed by atoms with E-state index in [2.05, 4.69) is 6.92 Å². The Bertz CT molecular complexity index is 126. The Morgan fingerprint density at radius 2 is 2.08 bits per heavy atom. The maximum absolute atomic E-state index is 10.8. The average molecular weight is 173 g/mol. The van der Waals surface area contributed by atoms with Crippen LogP contribution in [0.3, 0.4) is 0 Å². The molecular formula is C9H19NO2. The Hall–Kier alpha value is -0.570. The van der Waals surface area contributed by atoms with Crippen molar-refractivity contribution >= 4 is 5.97 Å². The van der Waals surface area contributed by atoms with Crippen molar-refractivity contribution in [1.29, 1.82) is 0 Å². The van der Waals surface area contributed by atoms with Crippen molar-refractivity contribution in [2.75, 3.05) is 0 Å². The van der Waals surface area contributed by atoms with Crippen molar-refractivity contribution in [3.63, 3.8) is 0 Å². The Morgan fingerprint density at radius 1 is 1.42 bits per heavy atom. The van der Waals surface area contributed by atoms with Gasteiger partial charge in [-0.2, -0.15) is 0 Å². The van der Waals surface area contributed by atoms with Gasteiger partial charge in [0.25, 0.3) is 0 Å². The maximum atomic E-state index is 10.8. The van der Waals surface area contributed by atoms with E-state index in [0.717, 1.165) is 25.7 Å². The highest BCUT2D eigenvalue weighted by Crippen LogP contribution is 2.03. The first-order chi connectivity index (χ1) is 5.70. The minimum Gasteiger partial charge on any atom is -0.447 e. The van der Waals surface area contributed by atoms with Crippen molar-refractivity contribution in [3.05, 3.63) is 0 Å². The van der Waals surface area contributed by atoms with Crippen molar-refractivity contribution in [2.45, 2.75) is 52.2 Å². The number of ether oxygens (including phenoxy) is 1. The van der Waals surface area contributed by atoms with E-state index in [1.54, 1.807) is 6.92 Å². The quantitative estimate of drug-likeness (QED) is 0.378. The molecule has 0 aromatic heterocycles. The lowest BCUT2D eigenvalue weighted by Gasteiger charge is -2.11. The van der Waals surface area contributed by atoms with Crippen molar-refractivity contribution in [1.82, 2.24) is 0 Å². The number of carbonyl (C=O) groups is 1. The summed E-state index contributed by atoms with van der Waals surface area (Å²) in [5.74, 6) is -0.209. The van der Waals surface area contributed by atoms with Crippen molar-refractivity contribution in [3.8, 4) is 0 Å². The van der Waals surface area contributed by atoms with Gasteiger partial charge in [0, 0.05) is 6.42 Å². The molecule has 3 heteroatoms. The van der Waals surface area contributed by atoms with Crippen LogP contribution in [0, 0.1) is 0 Å². The Labute approximate surface area is 74.3 Å². The molecule has 0 aliphatic heterocycles. The molecule has 0 aromatic rings. The summed E-state index contributed by atoms with van der Waals surface area (Å²) in [5, 5.41) is 0. The van der Waals surface area contributed by atoms with Gasteiger partial charge in [0.2, 0.25) is 0 Å². The molecule has 0 aliphatic rings. The van der Waals surface area contributed by atoms with E-state index in [-0.39, 0.29) is 5.97 Å². The van der Waals surface area contributed by atoms with Crippen LogP contribution in [-0.2, 0) is 9.53 Å². The van der Waals surface area contributed by atoms with Crippen LogP contribution in [0.25, 0.3) is 0 Å². The lowest BCUT2D eigenvalue weighted by Crippen LogP contribution is -2.26. The Morgan fingerprint density at radius 3 is 2.58 bits per heavy atom. The number of unbranched alkanes of at least 4 members (excludes halogenated alkanes) is 2. The third-order valence-corrected chi connectivity index (χ3v) is 1.66. The minimum absolute atomic E-state index is 0.209. The van der Waals surface area contributed by atoms with E-state index >= 15 is 0 Å². The Kier molecular flexibility index (Phi) is 6.76. The standard InChI is InChI=1S/C9H19NO2/c1-3-5-6-7-8(10)12-9(11)4-2/h8H,3-7,10H2,1-2H3. The van der Waals surface area contributed by atoms with E-state index in [0.29, 0.717) is 6.42 Å². The number of rotatable bonds is 6. The summed E-state index contributed by atoms with van der Waals surface area (Å²) < 4.78 is 4.88. The van der Waals surface area contributed by atoms with Crippen LogP contribution in [-0.4, -0.2) is 12.2 Å². The van der Waals surface area contributed by atoms with E-state index in [1.165, 1.54) is 0 Å². The molecule has 0 saturated carbocycles. The topological polar surface area (TPSA) is 52.3 Å². The molecule has 72 valence electrons. The van der Waals surface area contributed by atoms with Gasteiger partial charge in [0.15, 0.2) is 6.23 Å². The first kappa shape index (κ1) is 11.4. The largest absolute Gasteiger partial charge is 0.447 e. The van der Waals surface area contributed by atoms with E-state index in [1.807, 2.05) is 0 Å². The van der Waals surface area contributed by atoms with Gasteiger partial charge in [-0.1, -0.05) is 26.7 Å². The van der Waals surface area contributed by atoms with Crippen molar-refractivity contribution in [2.24, 2.45) is 5.73 Å². The first-order valence-electron chi connectivity index (χ1n) is 4.65. The average Bonchev–Trinajstić information content (AvgIpc) is 2.05. The lowest BCUT2D eigenvalue weighted by molar-refractivity contribution is -0.148. The summed E-state index contributed by atoms with van der Waals surface area (Å²) >= 11 is 0. The molecule has 0 rings (SSSR count). The molecule has 1 unspecified atom stereocenters. The van der Waals surface area contributed by atoms with Crippen LogP contribution in [0.4, 0.5) is 0 Å². The second kappa shape index (κ2) is 7.10. The number of esters is 1. The smallest absolute Gasteiger partial charge is 0.307 e. The van der Waals surface area contributed by atoms with Gasteiger partial charge in [-0.25, -0.2) is 0 Å². The predicted molar refractivity (Wildman–Crippen MR) is 48.5 cm³/mol. The summed E-state index contributed by atoms with van der Waals surface area (Å²) in [5.41, 5.74) is 5.55. The first-order valence-corrected chi connectivity index (χ1v) is 4.65. The fourth-order valence-corrected chi connectivity index (χ4v) is 0.907. The normalized spacial score (nSPS) is 12.6. The fraction of sp³-hybridized carbons (Fsp3) is 0.889. The molecular weight excluding hydrogens is 154 g/mol. The van der Waals surface area contributed by atoms with E-state index in [9.17, 15) is 4.79 Å². The minimum atomic E-state index is -0.399. The molecule has 2 N–H and O–H groups in total. The lowest BCUT2D eigenvalue weighted by atomic mass is 10.2. The van der Waals surface area contributed by atoms with Crippen LogP contribution < -0.4 is 5.73 Å². The molecule has 0 heterocycles. The number of carbonyl (C=O) groups excluding carboxylic acids is 1. The zero-order valence-electron chi connectivity index (χ0n) is 8.01. The molecule has 0 spiro atoms. The van der Waals surface area contributed by atoms with Crippen molar-refractivity contribution < 1.29 is 9.53 Å². The van der Waals surface area contributed by atoms with Crippen LogP contribution in [0.15, 0.2) is 0 Å². The highest BCUT2D eigenvalue weighted by atomic mass is 16.6. The molecule has 12 heavy (non-hydrogen) atoms. The number of hydrogen-bond acceptors (Lipinski definition) is 3. The number of hydrogen-bond donors (Lipinski definition) is 1. The molecule has 3 nitrogen and oxygen atoms in total. The van der Waals surface area contributed by atoms with Crippen LogP contribution in [0.5, 0.6) is 0 Å². The fourth-order valence-electron chi connectivity index (χ4n) is 0.907. The second-order valence-corrected chi connectivity index (χ2v) is 2.88. The zero-order chi connectivity index (χ0) is 9.40. The van der Waals surface area contributed by atoms with E-state index in [4.69, 9.17) is 10.5 Å². The SMILES string of the molecule is CCCCCC(N)OC(=O)CC. The summed E-state index contributed by atoms with van der Waals surface area (Å²) in [6, 6.07) is 0. The van der Waals surface area contributed by atoms with Gasteiger partial charge in [-0.3, -0.25) is 10.5 Å². The summed E-state index contributed by atoms with van der Waals surface area (Å²) in [6.45, 7) is 3.89. The van der Waals surface area contributed by atoms with Gasteiger partial charge in [-0.15, -0.1) is 0 Å². The third-order valence-electron chi connectivity index (χ3n) is 1.66. The van der Waals surface area contributed by atoms with Gasteiger partial charge in [0.05, 0.1) is 0 Å². The van der Waals surface area contributed by atoms with Gasteiger partial charge in [0.1, 0.15) is 0 Å². The van der Waals surface area contributed by atoms with Crippen LogP contribution >= 0.6 is 0 Å². The Balaban J connectivity index is 3.32. The molecule has 0 bridgehead atoms. The molecule has 0 aliphatic carbocycles. The predicted octanol–water partition coefficient (Wildman–Crippen LogP) is 1.80. The number of nitrogens with two attached hydrogens (primary N) is 1. The van der Waals surface area contributed by atoms with Gasteiger partial charge in [-0.05, 0) is 12.8 Å². The summed E-state index contributed by atoms with van der Waals surface area (Å²) in [7, 11) is 0. The van der Waals surface area contributed by atoms with Gasteiger partial charge >= 0.3 is 5.97 Å². The van der Waals surface area contributed by atoms with Crippen LogP contribution in [0.2, 0.25) is 0 Å². The van der Waals surface area contributed by atoms with E-state index < -0.39 is 6.23 Å². The molecule has 0 saturated heterocycles.